The first-order chi connectivity index (χ1) is 10.7. The molecule has 1 N–H and O–H groups in total. The van der Waals surface area contributed by atoms with Gasteiger partial charge in [0.1, 0.15) is 0 Å². The van der Waals surface area contributed by atoms with E-state index in [1.165, 1.54) is 14.1 Å². The molecule has 0 aliphatic rings. The number of aliphatic hydroxyl groups excluding tert-OH is 1. The van der Waals surface area contributed by atoms with Crippen molar-refractivity contribution in [1.29, 1.82) is 0 Å². The highest BCUT2D eigenvalue weighted by Crippen LogP contribution is 2.58. The van der Waals surface area contributed by atoms with Crippen LogP contribution in [0.15, 0.2) is 11.9 Å². The summed E-state index contributed by atoms with van der Waals surface area (Å²) in [4.78, 5) is 1.01. The van der Waals surface area contributed by atoms with Crippen molar-refractivity contribution in [2.75, 3.05) is 20.6 Å². The van der Waals surface area contributed by atoms with E-state index >= 15 is 0 Å². The largest absolute Gasteiger partial charge is 0.460 e. The highest BCUT2D eigenvalue weighted by Gasteiger charge is 2.87. The van der Waals surface area contributed by atoms with Gasteiger partial charge in [0.2, 0.25) is 0 Å². The van der Waals surface area contributed by atoms with E-state index in [1.54, 1.807) is 0 Å². The van der Waals surface area contributed by atoms with Crippen LogP contribution in [0.5, 0.6) is 0 Å². The van der Waals surface area contributed by atoms with Crippen LogP contribution in [0.2, 0.25) is 0 Å². The average Bonchev–Trinajstić information content (AvgIpc) is 2.35. The number of halogens is 12. The van der Waals surface area contributed by atoms with Crippen molar-refractivity contribution in [1.82, 2.24) is 4.90 Å². The van der Waals surface area contributed by atoms with Crippen LogP contribution in [-0.4, -0.2) is 66.6 Å². The normalized spacial score (nSPS) is 17.2. The third-order valence-corrected chi connectivity index (χ3v) is 2.73. The van der Waals surface area contributed by atoms with Gasteiger partial charge in [-0.1, -0.05) is 0 Å². The number of hydrogen-bond donors (Lipinski definition) is 1. The van der Waals surface area contributed by atoms with E-state index in [0.29, 0.717) is 0 Å². The van der Waals surface area contributed by atoms with Crippen LogP contribution in [-0.2, 0) is 0 Å². The van der Waals surface area contributed by atoms with Crippen LogP contribution in [0, 0.1) is 0 Å². The molecule has 0 aromatic rings. The quantitative estimate of drug-likeness (QED) is 0.655. The van der Waals surface area contributed by atoms with E-state index < -0.39 is 54.4 Å². The van der Waals surface area contributed by atoms with Gasteiger partial charge < -0.3 is 10.0 Å². The monoisotopic (exact) mass is 401 g/mol. The molecule has 0 saturated heterocycles. The van der Waals surface area contributed by atoms with Crippen molar-refractivity contribution in [2.24, 2.45) is 0 Å². The second kappa shape index (κ2) is 6.85. The third-order valence-electron chi connectivity index (χ3n) is 2.73. The maximum atomic E-state index is 13.2. The fourth-order valence-electron chi connectivity index (χ4n) is 1.42. The second-order valence-electron chi connectivity index (χ2n) is 5.14. The molecule has 0 saturated carbocycles. The second-order valence-corrected chi connectivity index (χ2v) is 5.14. The lowest BCUT2D eigenvalue weighted by Crippen LogP contribution is -2.66. The molecule has 2 nitrogen and oxygen atoms in total. The predicted octanol–water partition coefficient (Wildman–Crippen LogP) is 3.87. The van der Waals surface area contributed by atoms with E-state index in [2.05, 4.69) is 0 Å². The highest BCUT2D eigenvalue weighted by atomic mass is 19.4. The Morgan fingerprint density at radius 2 is 1.24 bits per heavy atom. The first-order valence-corrected chi connectivity index (χ1v) is 6.02. The van der Waals surface area contributed by atoms with E-state index in [1.807, 2.05) is 0 Å². The SMILES string of the molecule is CN(C)CC(O)C=C(F)C(F)(F)C(F)(F)C(F)(F)C(F)(F)C(F)(F)F. The van der Waals surface area contributed by atoms with Gasteiger partial charge in [0.15, 0.2) is 5.83 Å². The number of rotatable bonds is 7. The summed E-state index contributed by atoms with van der Waals surface area (Å²) in [7, 11) is 2.39. The molecular weight excluding hydrogens is 390 g/mol. The van der Waals surface area contributed by atoms with Crippen LogP contribution in [0.4, 0.5) is 52.7 Å². The van der Waals surface area contributed by atoms with Crippen LogP contribution >= 0.6 is 0 Å². The smallest absolute Gasteiger partial charge is 0.388 e. The molecule has 0 amide bonds. The number of hydrogen-bond acceptors (Lipinski definition) is 2. The summed E-state index contributed by atoms with van der Waals surface area (Å²) in [6, 6.07) is 0. The lowest BCUT2D eigenvalue weighted by molar-refractivity contribution is -0.419. The van der Waals surface area contributed by atoms with Gasteiger partial charge in [-0.2, -0.15) is 48.3 Å². The van der Waals surface area contributed by atoms with E-state index in [9.17, 15) is 52.7 Å². The Hall–Kier alpha value is -1.18. The molecule has 0 radical (unpaired) electrons. The van der Waals surface area contributed by atoms with Gasteiger partial charge in [0.05, 0.1) is 6.10 Å². The zero-order valence-electron chi connectivity index (χ0n) is 12.3. The summed E-state index contributed by atoms with van der Waals surface area (Å²) >= 11 is 0. The Morgan fingerprint density at radius 1 is 0.840 bits per heavy atom. The van der Waals surface area contributed by atoms with Crippen LogP contribution < -0.4 is 0 Å². The highest BCUT2D eigenvalue weighted by molar-refractivity contribution is 5.18. The lowest BCUT2D eigenvalue weighted by Gasteiger charge is -2.36. The molecule has 0 aromatic heterocycles. The van der Waals surface area contributed by atoms with E-state index in [0.717, 1.165) is 4.90 Å². The van der Waals surface area contributed by atoms with Crippen LogP contribution in [0.3, 0.4) is 0 Å². The summed E-state index contributed by atoms with van der Waals surface area (Å²) in [5.74, 6) is -33.0. The van der Waals surface area contributed by atoms with Crippen LogP contribution in [0.1, 0.15) is 0 Å². The summed E-state index contributed by atoms with van der Waals surface area (Å²) in [5.41, 5.74) is 0. The van der Waals surface area contributed by atoms with Gasteiger partial charge in [-0.25, -0.2) is 4.39 Å². The molecule has 0 spiro atoms. The summed E-state index contributed by atoms with van der Waals surface area (Å²) < 4.78 is 152. The van der Waals surface area contributed by atoms with Crippen molar-refractivity contribution >= 4 is 0 Å². The Morgan fingerprint density at radius 3 is 1.56 bits per heavy atom. The summed E-state index contributed by atoms with van der Waals surface area (Å²) in [6.45, 7) is -0.676. The fraction of sp³-hybridized carbons (Fsp3) is 0.818. The minimum Gasteiger partial charge on any atom is -0.388 e. The zero-order chi connectivity index (χ0) is 20.6. The van der Waals surface area contributed by atoms with Crippen molar-refractivity contribution < 1.29 is 57.8 Å². The molecule has 25 heavy (non-hydrogen) atoms. The minimum atomic E-state index is -7.70. The number of allylic oxidation sites excluding steroid dienone is 1. The Balaban J connectivity index is 6.00. The zero-order valence-corrected chi connectivity index (χ0v) is 12.3. The first-order valence-electron chi connectivity index (χ1n) is 6.02. The minimum absolute atomic E-state index is 0.676. The van der Waals surface area contributed by atoms with Gasteiger partial charge in [-0.15, -0.1) is 0 Å². The molecule has 0 aliphatic heterocycles. The van der Waals surface area contributed by atoms with Gasteiger partial charge in [-0.3, -0.25) is 0 Å². The molecule has 150 valence electrons. The molecule has 1 unspecified atom stereocenters. The fourth-order valence-corrected chi connectivity index (χ4v) is 1.42. The first kappa shape index (κ1) is 23.8. The van der Waals surface area contributed by atoms with Gasteiger partial charge in [-0.05, 0) is 20.2 Å². The van der Waals surface area contributed by atoms with Crippen molar-refractivity contribution in [3.05, 3.63) is 11.9 Å². The average molecular weight is 401 g/mol. The van der Waals surface area contributed by atoms with Gasteiger partial charge in [0, 0.05) is 6.54 Å². The Labute approximate surface area is 132 Å². The third kappa shape index (κ3) is 4.15. The summed E-state index contributed by atoms with van der Waals surface area (Å²) in [6.07, 6.45) is -10.3. The maximum Gasteiger partial charge on any atom is 0.460 e. The maximum absolute atomic E-state index is 13.2. The number of likely N-dealkylation sites (N-methyl/N-ethyl adjacent to an activating group) is 1. The van der Waals surface area contributed by atoms with Crippen molar-refractivity contribution in [3.63, 3.8) is 0 Å². The molecule has 0 fully saturated rings. The molecule has 1 atom stereocenters. The Kier molecular flexibility index (Phi) is 6.53. The number of nitrogens with zero attached hydrogens (tertiary/aromatic N) is 1. The van der Waals surface area contributed by atoms with E-state index in [-0.39, 0.29) is 0 Å². The van der Waals surface area contributed by atoms with Gasteiger partial charge >= 0.3 is 29.9 Å². The van der Waals surface area contributed by atoms with Crippen molar-refractivity contribution in [3.8, 4) is 0 Å². The lowest BCUT2D eigenvalue weighted by atomic mass is 9.96. The molecule has 0 rings (SSSR count). The molecule has 0 aliphatic carbocycles. The standard InChI is InChI=1S/C11H11F12NO/c1-24(2)4-5(25)3-6(12)7(13,14)8(15,16)9(17,18)10(19,20)11(21,22)23/h3,5,25H,4H2,1-2H3. The Bertz CT molecular complexity index is 496. The number of alkyl halides is 11. The topological polar surface area (TPSA) is 23.5 Å². The molecule has 14 heteroatoms. The van der Waals surface area contributed by atoms with E-state index in [4.69, 9.17) is 5.11 Å². The number of aliphatic hydroxyl groups is 1. The molecule has 0 aromatic carbocycles. The summed E-state index contributed by atoms with van der Waals surface area (Å²) in [5, 5.41) is 9.06. The van der Waals surface area contributed by atoms with Crippen molar-refractivity contribution in [2.45, 2.75) is 36.0 Å². The molecule has 0 heterocycles. The van der Waals surface area contributed by atoms with Gasteiger partial charge in [0.25, 0.3) is 0 Å². The molecular formula is C11H11F12NO. The predicted molar refractivity (Wildman–Crippen MR) is 59.6 cm³/mol. The molecule has 0 bridgehead atoms. The van der Waals surface area contributed by atoms with Crippen LogP contribution in [0.25, 0.3) is 0 Å².